The molecule has 0 spiro atoms. The average molecular weight is 476 g/mol. The number of carbonyl (C=O) groups excluding carboxylic acids is 1. The average Bonchev–Trinajstić information content (AvgIpc) is 2.80. The third-order valence-electron chi connectivity index (χ3n) is 5.36. The fourth-order valence-corrected chi connectivity index (χ4v) is 4.78. The number of nitrogens with one attached hydrogen (secondary N) is 1. The topological polar surface area (TPSA) is 64.0 Å². The van der Waals surface area contributed by atoms with Crippen LogP contribution in [0.4, 0.5) is 4.39 Å². The van der Waals surface area contributed by atoms with Crippen LogP contribution in [0, 0.1) is 19.7 Å². The van der Waals surface area contributed by atoms with Gasteiger partial charge in [0.2, 0.25) is 0 Å². The quantitative estimate of drug-likeness (QED) is 0.280. The van der Waals surface area contributed by atoms with Crippen molar-refractivity contribution in [3.8, 4) is 5.69 Å². The van der Waals surface area contributed by atoms with Crippen LogP contribution in [-0.2, 0) is 5.75 Å². The third-order valence-corrected chi connectivity index (χ3v) is 6.37. The lowest BCUT2D eigenvalue weighted by atomic mass is 10.1. The van der Waals surface area contributed by atoms with Crippen LogP contribution in [0.3, 0.4) is 0 Å². The molecule has 0 radical (unpaired) electrons. The summed E-state index contributed by atoms with van der Waals surface area (Å²) < 4.78 is 15.3. The molecule has 1 aromatic heterocycles. The van der Waals surface area contributed by atoms with Crippen molar-refractivity contribution in [1.82, 2.24) is 14.9 Å². The molecule has 174 valence electrons. The Bertz CT molecular complexity index is 1410. The third kappa shape index (κ3) is 5.20. The molecular weight excluding hydrogens is 449 g/mol. The minimum absolute atomic E-state index is 0.196. The Labute approximate surface area is 202 Å². The molecule has 3 aromatic carbocycles. The number of aryl methyl sites for hydroxylation is 2. The van der Waals surface area contributed by atoms with Gasteiger partial charge in [0.1, 0.15) is 5.82 Å². The van der Waals surface area contributed by atoms with Crippen molar-refractivity contribution in [1.29, 1.82) is 0 Å². The lowest BCUT2D eigenvalue weighted by molar-refractivity contribution is 0.0953. The highest BCUT2D eigenvalue weighted by molar-refractivity contribution is 7.98. The van der Waals surface area contributed by atoms with Crippen molar-refractivity contribution in [3.05, 3.63) is 99.1 Å². The van der Waals surface area contributed by atoms with Gasteiger partial charge in [-0.15, -0.1) is 0 Å². The summed E-state index contributed by atoms with van der Waals surface area (Å²) in [6, 6.07) is 17.3. The SMILES string of the molecule is CCCNC(=O)c1ccc2c(=O)n(-c3cc(C)cc(C)c3)c(SCc3cccc(F)c3)nc2c1. The van der Waals surface area contributed by atoms with Crippen LogP contribution in [-0.4, -0.2) is 22.0 Å². The van der Waals surface area contributed by atoms with Gasteiger partial charge in [0.25, 0.3) is 11.5 Å². The maximum atomic E-state index is 13.7. The summed E-state index contributed by atoms with van der Waals surface area (Å²) in [6.07, 6.45) is 0.832. The van der Waals surface area contributed by atoms with E-state index >= 15 is 0 Å². The number of nitrogens with zero attached hydrogens (tertiary/aromatic N) is 2. The van der Waals surface area contributed by atoms with E-state index in [-0.39, 0.29) is 17.3 Å². The molecule has 4 rings (SSSR count). The minimum Gasteiger partial charge on any atom is -0.352 e. The Balaban J connectivity index is 1.84. The van der Waals surface area contributed by atoms with Gasteiger partial charge in [0.15, 0.2) is 5.16 Å². The zero-order valence-corrected chi connectivity index (χ0v) is 20.2. The standard InChI is InChI=1S/C27H26FN3O2S/c1-4-10-29-25(32)20-8-9-23-24(15-20)30-27(34-16-19-6-5-7-21(28)14-19)31(26(23)33)22-12-17(2)11-18(3)13-22/h5-9,11-15H,4,10,16H2,1-3H3,(H,29,32). The van der Waals surface area contributed by atoms with Crippen molar-refractivity contribution in [2.75, 3.05) is 6.54 Å². The van der Waals surface area contributed by atoms with Crippen molar-refractivity contribution in [2.24, 2.45) is 0 Å². The summed E-state index contributed by atoms with van der Waals surface area (Å²) in [5.74, 6) is -0.0611. The highest BCUT2D eigenvalue weighted by Gasteiger charge is 2.16. The summed E-state index contributed by atoms with van der Waals surface area (Å²) in [4.78, 5) is 30.9. The van der Waals surface area contributed by atoms with Crippen LogP contribution >= 0.6 is 11.8 Å². The molecule has 5 nitrogen and oxygen atoms in total. The van der Waals surface area contributed by atoms with Crippen LogP contribution in [0.25, 0.3) is 16.6 Å². The van der Waals surface area contributed by atoms with Crippen LogP contribution < -0.4 is 10.9 Å². The molecule has 1 amide bonds. The second-order valence-corrected chi connectivity index (χ2v) is 9.23. The normalized spacial score (nSPS) is 11.1. The highest BCUT2D eigenvalue weighted by Crippen LogP contribution is 2.26. The van der Waals surface area contributed by atoms with E-state index in [2.05, 4.69) is 5.32 Å². The van der Waals surface area contributed by atoms with E-state index in [1.165, 1.54) is 23.9 Å². The number of amides is 1. The second-order valence-electron chi connectivity index (χ2n) is 8.29. The number of fused-ring (bicyclic) bond motifs is 1. The van der Waals surface area contributed by atoms with E-state index < -0.39 is 0 Å². The van der Waals surface area contributed by atoms with Gasteiger partial charge in [-0.3, -0.25) is 14.2 Å². The van der Waals surface area contributed by atoms with Crippen LogP contribution in [0.5, 0.6) is 0 Å². The molecule has 34 heavy (non-hydrogen) atoms. The van der Waals surface area contributed by atoms with E-state index in [9.17, 15) is 14.0 Å². The molecule has 0 aliphatic heterocycles. The molecule has 0 saturated heterocycles. The van der Waals surface area contributed by atoms with E-state index in [4.69, 9.17) is 4.98 Å². The molecule has 7 heteroatoms. The number of hydrogen-bond donors (Lipinski definition) is 1. The van der Waals surface area contributed by atoms with Crippen LogP contribution in [0.1, 0.15) is 40.4 Å². The zero-order chi connectivity index (χ0) is 24.2. The lowest BCUT2D eigenvalue weighted by Gasteiger charge is -2.15. The molecule has 1 N–H and O–H groups in total. The smallest absolute Gasteiger partial charge is 0.266 e. The van der Waals surface area contributed by atoms with E-state index in [0.29, 0.717) is 33.9 Å². The molecule has 0 saturated carbocycles. The van der Waals surface area contributed by atoms with Crippen LogP contribution in [0.15, 0.2) is 70.6 Å². The van der Waals surface area contributed by atoms with Crippen molar-refractivity contribution in [3.63, 3.8) is 0 Å². The fourth-order valence-electron chi connectivity index (χ4n) is 3.83. The summed E-state index contributed by atoms with van der Waals surface area (Å²) >= 11 is 1.36. The van der Waals surface area contributed by atoms with E-state index in [0.717, 1.165) is 28.8 Å². The van der Waals surface area contributed by atoms with Gasteiger partial charge in [-0.1, -0.05) is 36.9 Å². The number of hydrogen-bond acceptors (Lipinski definition) is 4. The molecule has 4 aromatic rings. The molecule has 0 atom stereocenters. The Morgan fingerprint density at radius 3 is 2.53 bits per heavy atom. The minimum atomic E-state index is -0.306. The van der Waals surface area contributed by atoms with Crippen molar-refractivity contribution in [2.45, 2.75) is 38.1 Å². The maximum Gasteiger partial charge on any atom is 0.266 e. The van der Waals surface area contributed by atoms with E-state index in [1.54, 1.807) is 28.8 Å². The molecule has 0 bridgehead atoms. The Hall–Kier alpha value is -3.45. The number of halogens is 1. The largest absolute Gasteiger partial charge is 0.352 e. The van der Waals surface area contributed by atoms with Gasteiger partial charge in [-0.2, -0.15) is 0 Å². The van der Waals surface area contributed by atoms with Gasteiger partial charge >= 0.3 is 0 Å². The highest BCUT2D eigenvalue weighted by atomic mass is 32.2. The van der Waals surface area contributed by atoms with Gasteiger partial charge in [0, 0.05) is 17.9 Å². The maximum absolute atomic E-state index is 13.7. The predicted octanol–water partition coefficient (Wildman–Crippen LogP) is 5.57. The Kier molecular flexibility index (Phi) is 7.12. The number of aromatic nitrogens is 2. The van der Waals surface area contributed by atoms with Gasteiger partial charge in [0.05, 0.1) is 16.6 Å². The number of rotatable bonds is 7. The first-order valence-corrected chi connectivity index (χ1v) is 12.1. The molecule has 0 fully saturated rings. The first-order chi connectivity index (χ1) is 16.4. The van der Waals surface area contributed by atoms with Gasteiger partial charge in [-0.25, -0.2) is 9.37 Å². The number of thioether (sulfide) groups is 1. The Morgan fingerprint density at radius 1 is 1.06 bits per heavy atom. The molecule has 1 heterocycles. The summed E-state index contributed by atoms with van der Waals surface area (Å²) in [5.41, 5.74) is 4.28. The molecule has 0 aliphatic carbocycles. The number of carbonyl (C=O) groups is 1. The zero-order valence-electron chi connectivity index (χ0n) is 19.4. The summed E-state index contributed by atoms with van der Waals surface area (Å²) in [5, 5.41) is 3.77. The van der Waals surface area contributed by atoms with Crippen LogP contribution in [0.2, 0.25) is 0 Å². The first kappa shape index (κ1) is 23.7. The predicted molar refractivity (Wildman–Crippen MR) is 135 cm³/mol. The first-order valence-electron chi connectivity index (χ1n) is 11.2. The summed E-state index contributed by atoms with van der Waals surface area (Å²) in [7, 11) is 0. The second kappa shape index (κ2) is 10.2. The molecule has 0 aliphatic rings. The van der Waals surface area contributed by atoms with Gasteiger partial charge in [-0.05, 0) is 79.4 Å². The molecular formula is C27H26FN3O2S. The van der Waals surface area contributed by atoms with Crippen molar-refractivity contribution < 1.29 is 9.18 Å². The van der Waals surface area contributed by atoms with E-state index in [1.807, 2.05) is 45.0 Å². The summed E-state index contributed by atoms with van der Waals surface area (Å²) in [6.45, 7) is 6.53. The fraction of sp³-hybridized carbons (Fsp3) is 0.222. The van der Waals surface area contributed by atoms with Crippen molar-refractivity contribution >= 4 is 28.6 Å². The number of benzene rings is 3. The Morgan fingerprint density at radius 2 is 1.82 bits per heavy atom. The van der Waals surface area contributed by atoms with Gasteiger partial charge < -0.3 is 5.32 Å². The lowest BCUT2D eigenvalue weighted by Crippen LogP contribution is -2.25. The monoisotopic (exact) mass is 475 g/mol. The molecule has 0 unspecified atom stereocenters.